The number of carbonyl (C=O) groups is 2. The van der Waals surface area contributed by atoms with E-state index in [0.29, 0.717) is 25.3 Å². The molecule has 0 unspecified atom stereocenters. The summed E-state index contributed by atoms with van der Waals surface area (Å²) in [7, 11) is -0.622. The van der Waals surface area contributed by atoms with Crippen molar-refractivity contribution >= 4 is 27.5 Å². The summed E-state index contributed by atoms with van der Waals surface area (Å²) in [4.78, 5) is 29.3. The predicted octanol–water partition coefficient (Wildman–Crippen LogP) is 1.18. The van der Waals surface area contributed by atoms with Gasteiger partial charge in [-0.3, -0.25) is 14.5 Å². The third-order valence-electron chi connectivity index (χ3n) is 7.19. The minimum absolute atomic E-state index is 0.0145. The second kappa shape index (κ2) is 15.4. The summed E-state index contributed by atoms with van der Waals surface area (Å²) in [5.74, 6) is -0.516. The molecule has 11 nitrogen and oxygen atoms in total. The van der Waals surface area contributed by atoms with Crippen LogP contribution in [0.25, 0.3) is 0 Å². The van der Waals surface area contributed by atoms with Gasteiger partial charge in [-0.2, -0.15) is 4.31 Å². The third-order valence-corrected chi connectivity index (χ3v) is 9.04. The summed E-state index contributed by atoms with van der Waals surface area (Å²) >= 11 is 0. The number of carbonyl (C=O) groups excluding carboxylic acids is 2. The largest absolute Gasteiger partial charge is 0.399 e. The zero-order valence-electron chi connectivity index (χ0n) is 25.0. The summed E-state index contributed by atoms with van der Waals surface area (Å²) in [6.07, 6.45) is -0.228. The lowest BCUT2D eigenvalue weighted by Crippen LogP contribution is -2.54. The average Bonchev–Trinajstić information content (AvgIpc) is 3.47. The highest BCUT2D eigenvalue weighted by Crippen LogP contribution is 2.20. The monoisotopic (exact) mass is 603 g/mol. The van der Waals surface area contributed by atoms with E-state index in [0.717, 1.165) is 5.56 Å². The Bertz CT molecular complexity index is 1250. The summed E-state index contributed by atoms with van der Waals surface area (Å²) in [6.45, 7) is 4.74. The standard InChI is InChI=1S/C30H45N5O6S/c1-22(2)17-35(42(39,40)26-12-10-24(31)11-13-26)18-28(36)27(16-23-8-6-5-7-9-23)32-29(37)19-34(20-30(38)33(3)4)25-14-15-41-21-25/h5-13,22,25,27-28,36H,14-21,31H2,1-4H3,(H,32,37)/t25-,27-,28+/m0/s1. The summed E-state index contributed by atoms with van der Waals surface area (Å²) in [5.41, 5.74) is 7.08. The van der Waals surface area contributed by atoms with Gasteiger partial charge >= 0.3 is 0 Å². The summed E-state index contributed by atoms with van der Waals surface area (Å²) < 4.78 is 34.0. The maximum absolute atomic E-state index is 13.6. The predicted molar refractivity (Wildman–Crippen MR) is 162 cm³/mol. The van der Waals surface area contributed by atoms with Gasteiger partial charge in [-0.1, -0.05) is 44.2 Å². The Morgan fingerprint density at radius 3 is 2.29 bits per heavy atom. The fraction of sp³-hybridized carbons (Fsp3) is 0.533. The molecule has 12 heteroatoms. The molecule has 3 atom stereocenters. The number of anilines is 1. The number of likely N-dealkylation sites (N-methyl/N-ethyl adjacent to an activating group) is 1. The molecule has 232 valence electrons. The second-order valence-corrected chi connectivity index (χ2v) is 13.4. The first-order valence-corrected chi connectivity index (χ1v) is 15.7. The van der Waals surface area contributed by atoms with Crippen LogP contribution in [0.4, 0.5) is 5.69 Å². The van der Waals surface area contributed by atoms with Gasteiger partial charge in [-0.25, -0.2) is 8.42 Å². The molecule has 4 N–H and O–H groups in total. The van der Waals surface area contributed by atoms with E-state index < -0.39 is 22.2 Å². The van der Waals surface area contributed by atoms with Crippen molar-refractivity contribution in [3.05, 3.63) is 60.2 Å². The molecule has 0 saturated carbocycles. The fourth-order valence-electron chi connectivity index (χ4n) is 4.83. The van der Waals surface area contributed by atoms with Crippen molar-refractivity contribution in [3.63, 3.8) is 0 Å². The lowest BCUT2D eigenvalue weighted by Gasteiger charge is -2.32. The van der Waals surface area contributed by atoms with Gasteiger partial charge in [0.05, 0.1) is 36.7 Å². The zero-order chi connectivity index (χ0) is 30.9. The van der Waals surface area contributed by atoms with E-state index in [1.807, 2.05) is 44.2 Å². The highest BCUT2D eigenvalue weighted by atomic mass is 32.2. The number of hydrogen-bond donors (Lipinski definition) is 3. The number of nitrogens with zero attached hydrogens (tertiary/aromatic N) is 3. The Kier molecular flexibility index (Phi) is 12.3. The van der Waals surface area contributed by atoms with Crippen molar-refractivity contribution in [2.75, 3.05) is 59.2 Å². The number of ether oxygens (including phenoxy) is 1. The van der Waals surface area contributed by atoms with Crippen LogP contribution in [0.3, 0.4) is 0 Å². The van der Waals surface area contributed by atoms with E-state index in [4.69, 9.17) is 10.5 Å². The first-order valence-electron chi connectivity index (χ1n) is 14.3. The molecule has 2 aromatic rings. The van der Waals surface area contributed by atoms with Crippen molar-refractivity contribution in [2.45, 2.75) is 49.8 Å². The minimum atomic E-state index is -3.95. The molecule has 0 bridgehead atoms. The number of hydrogen-bond acceptors (Lipinski definition) is 8. The van der Waals surface area contributed by atoms with Gasteiger partial charge in [0.25, 0.3) is 0 Å². The van der Waals surface area contributed by atoms with Gasteiger partial charge in [-0.15, -0.1) is 0 Å². The van der Waals surface area contributed by atoms with Crippen LogP contribution in [0.5, 0.6) is 0 Å². The van der Waals surface area contributed by atoms with Crippen LogP contribution in [0.1, 0.15) is 25.8 Å². The molecule has 0 spiro atoms. The topological polar surface area (TPSA) is 146 Å². The number of benzene rings is 2. The van der Waals surface area contributed by atoms with E-state index in [-0.39, 0.29) is 61.3 Å². The van der Waals surface area contributed by atoms with Gasteiger partial charge < -0.3 is 25.8 Å². The van der Waals surface area contributed by atoms with Crippen LogP contribution >= 0.6 is 0 Å². The normalized spacial score (nSPS) is 17.0. The van der Waals surface area contributed by atoms with Crippen molar-refractivity contribution < 1.29 is 27.9 Å². The van der Waals surface area contributed by atoms with E-state index in [1.54, 1.807) is 19.0 Å². The molecule has 1 heterocycles. The van der Waals surface area contributed by atoms with Crippen LogP contribution in [-0.2, 0) is 30.8 Å². The molecule has 2 aromatic carbocycles. The number of nitrogen functional groups attached to an aromatic ring is 1. The molecule has 42 heavy (non-hydrogen) atoms. The first-order chi connectivity index (χ1) is 19.9. The molecular weight excluding hydrogens is 558 g/mol. The highest BCUT2D eigenvalue weighted by molar-refractivity contribution is 7.89. The molecule has 0 radical (unpaired) electrons. The quantitative estimate of drug-likeness (QED) is 0.258. The Hall–Kier alpha value is -3.03. The number of nitrogens with two attached hydrogens (primary N) is 1. The molecule has 1 saturated heterocycles. The fourth-order valence-corrected chi connectivity index (χ4v) is 6.45. The number of nitrogens with one attached hydrogen (secondary N) is 1. The van der Waals surface area contributed by atoms with Gasteiger partial charge in [0, 0.05) is 45.5 Å². The maximum Gasteiger partial charge on any atom is 0.243 e. The lowest BCUT2D eigenvalue weighted by molar-refractivity contribution is -0.132. The van der Waals surface area contributed by atoms with Crippen LogP contribution in [0, 0.1) is 5.92 Å². The minimum Gasteiger partial charge on any atom is -0.399 e. The lowest BCUT2D eigenvalue weighted by atomic mass is 10.0. The molecular formula is C30H45N5O6S. The Morgan fingerprint density at radius 2 is 1.71 bits per heavy atom. The molecule has 3 rings (SSSR count). The first kappa shape index (κ1) is 33.5. The average molecular weight is 604 g/mol. The Morgan fingerprint density at radius 1 is 1.05 bits per heavy atom. The highest BCUT2D eigenvalue weighted by Gasteiger charge is 2.33. The van der Waals surface area contributed by atoms with E-state index >= 15 is 0 Å². The van der Waals surface area contributed by atoms with Crippen LogP contribution in [-0.4, -0.2) is 111 Å². The smallest absolute Gasteiger partial charge is 0.243 e. The number of aliphatic hydroxyl groups excluding tert-OH is 1. The molecule has 1 fully saturated rings. The SMILES string of the molecule is CC(C)CN(C[C@@H](O)[C@H](Cc1ccccc1)NC(=O)CN(CC(=O)N(C)C)[C@H]1CCOC1)S(=O)(=O)c1ccc(N)cc1. The second-order valence-electron chi connectivity index (χ2n) is 11.4. The number of rotatable bonds is 15. The zero-order valence-corrected chi connectivity index (χ0v) is 25.8. The molecule has 0 aromatic heterocycles. The molecule has 1 aliphatic rings. The number of amides is 2. The maximum atomic E-state index is 13.6. The number of aliphatic hydroxyl groups is 1. The van der Waals surface area contributed by atoms with Crippen LogP contribution < -0.4 is 11.1 Å². The van der Waals surface area contributed by atoms with Crippen molar-refractivity contribution in [2.24, 2.45) is 5.92 Å². The number of sulfonamides is 1. The summed E-state index contributed by atoms with van der Waals surface area (Å²) in [6, 6.07) is 14.5. The molecule has 0 aliphatic carbocycles. The molecule has 2 amide bonds. The van der Waals surface area contributed by atoms with E-state index in [1.165, 1.54) is 33.5 Å². The van der Waals surface area contributed by atoms with Gasteiger partial charge in [0.1, 0.15) is 0 Å². The van der Waals surface area contributed by atoms with Gasteiger partial charge in [0.2, 0.25) is 21.8 Å². The summed E-state index contributed by atoms with van der Waals surface area (Å²) in [5, 5.41) is 14.4. The van der Waals surface area contributed by atoms with Crippen molar-refractivity contribution in [1.82, 2.24) is 19.4 Å². The van der Waals surface area contributed by atoms with E-state index in [9.17, 15) is 23.1 Å². The molecule has 1 aliphatic heterocycles. The van der Waals surface area contributed by atoms with Gasteiger partial charge in [-0.05, 0) is 48.6 Å². The third kappa shape index (κ3) is 9.77. The Balaban J connectivity index is 1.82. The van der Waals surface area contributed by atoms with Crippen molar-refractivity contribution in [1.29, 1.82) is 0 Å². The van der Waals surface area contributed by atoms with Crippen LogP contribution in [0.2, 0.25) is 0 Å². The van der Waals surface area contributed by atoms with E-state index in [2.05, 4.69) is 5.32 Å². The van der Waals surface area contributed by atoms with Crippen molar-refractivity contribution in [3.8, 4) is 0 Å². The van der Waals surface area contributed by atoms with Crippen LogP contribution in [0.15, 0.2) is 59.5 Å². The Labute approximate surface area is 249 Å². The van der Waals surface area contributed by atoms with Gasteiger partial charge in [0.15, 0.2) is 0 Å².